The first-order valence-corrected chi connectivity index (χ1v) is 15.3. The van der Waals surface area contributed by atoms with Crippen LogP contribution in [0.2, 0.25) is 0 Å². The molecule has 0 aromatic rings. The largest absolute Gasteiger partial charge is 0.481 e. The second-order valence-corrected chi connectivity index (χ2v) is 13.8. The summed E-state index contributed by atoms with van der Waals surface area (Å²) in [6.07, 6.45) is 2.92. The number of hydrogen-bond acceptors (Lipinski definition) is 6. The Hall–Kier alpha value is -2.34. The Bertz CT molecular complexity index is 977. The highest BCUT2D eigenvalue weighted by Crippen LogP contribution is 2.65. The molecule has 3 aliphatic carbocycles. The predicted octanol–water partition coefficient (Wildman–Crippen LogP) is 2.87. The Morgan fingerprint density at radius 3 is 2.20 bits per heavy atom. The van der Waals surface area contributed by atoms with Gasteiger partial charge in [-0.1, -0.05) is 41.5 Å². The highest BCUT2D eigenvalue weighted by Gasteiger charge is 2.68. The zero-order chi connectivity index (χ0) is 30.7. The van der Waals surface area contributed by atoms with Gasteiger partial charge in [0.1, 0.15) is 12.1 Å². The molecule has 0 unspecified atom stereocenters. The fourth-order valence-corrected chi connectivity index (χ4v) is 6.78. The van der Waals surface area contributed by atoms with Crippen LogP contribution in [0.25, 0.3) is 0 Å². The third-order valence-corrected chi connectivity index (χ3v) is 9.46. The van der Waals surface area contributed by atoms with Crippen LogP contribution in [0.5, 0.6) is 0 Å². The lowest BCUT2D eigenvalue weighted by atomic mass is 9.43. The molecular weight excluding hydrogens is 527 g/mol. The zero-order valence-electron chi connectivity index (χ0n) is 26.0. The van der Waals surface area contributed by atoms with Crippen LogP contribution in [0.3, 0.4) is 0 Å². The van der Waals surface area contributed by atoms with E-state index in [1.807, 2.05) is 0 Å². The number of carboxylic acid groups (broad SMARTS) is 1. The van der Waals surface area contributed by atoms with Gasteiger partial charge >= 0.3 is 13.2 Å². The number of carbonyl (C=O) groups excluding carboxylic acids is 3. The number of rotatable bonds is 14. The van der Waals surface area contributed by atoms with Crippen molar-refractivity contribution >= 4 is 30.9 Å². The number of unbranched alkanes of at least 4 members (excludes halogenated alkanes) is 1. The molecule has 0 spiro atoms. The third-order valence-electron chi connectivity index (χ3n) is 9.46. The van der Waals surface area contributed by atoms with Gasteiger partial charge in [0, 0.05) is 12.5 Å². The molecule has 5 N–H and O–H groups in total. The van der Waals surface area contributed by atoms with Gasteiger partial charge in [-0.05, 0) is 75.5 Å². The highest BCUT2D eigenvalue weighted by molar-refractivity contribution is 6.48. The summed E-state index contributed by atoms with van der Waals surface area (Å²) in [5.41, 5.74) is -0.204. The first-order chi connectivity index (χ1) is 19.1. The van der Waals surface area contributed by atoms with E-state index >= 15 is 0 Å². The molecule has 11 nitrogen and oxygen atoms in total. The first-order valence-electron chi connectivity index (χ1n) is 15.3. The van der Waals surface area contributed by atoms with Gasteiger partial charge < -0.3 is 35.7 Å². The topological polar surface area (TPSA) is 155 Å². The lowest BCUT2D eigenvalue weighted by Gasteiger charge is -2.64. The fraction of sp³-hybridized carbons (Fsp3) is 0.862. The van der Waals surface area contributed by atoms with Gasteiger partial charge in [-0.3, -0.25) is 14.4 Å². The molecule has 1 saturated heterocycles. The molecule has 41 heavy (non-hydrogen) atoms. The van der Waals surface area contributed by atoms with Crippen molar-refractivity contribution in [1.82, 2.24) is 21.3 Å². The maximum Gasteiger partial charge on any atom is 0.481 e. The molecular formula is C29H51BN4O7. The molecule has 1 heterocycles. The second kappa shape index (κ2) is 13.3. The van der Waals surface area contributed by atoms with Crippen molar-refractivity contribution in [3.05, 3.63) is 0 Å². The summed E-state index contributed by atoms with van der Waals surface area (Å²) in [7, 11) is -0.591. The van der Waals surface area contributed by atoms with Gasteiger partial charge in [0.2, 0.25) is 17.7 Å². The van der Waals surface area contributed by atoms with Crippen LogP contribution >= 0.6 is 0 Å². The van der Waals surface area contributed by atoms with E-state index in [1.165, 1.54) is 0 Å². The summed E-state index contributed by atoms with van der Waals surface area (Å²) in [6, 6.07) is -1.69. The molecule has 4 amide bonds. The quantitative estimate of drug-likeness (QED) is 0.157. The van der Waals surface area contributed by atoms with E-state index in [9.17, 15) is 19.2 Å². The third kappa shape index (κ3) is 7.74. The van der Waals surface area contributed by atoms with E-state index < -0.39 is 42.7 Å². The van der Waals surface area contributed by atoms with Crippen molar-refractivity contribution < 1.29 is 33.6 Å². The summed E-state index contributed by atoms with van der Waals surface area (Å²) in [5, 5.41) is 19.8. The Morgan fingerprint density at radius 2 is 1.61 bits per heavy atom. The van der Waals surface area contributed by atoms with E-state index in [1.54, 1.807) is 20.8 Å². The standard InChI is InChI=1S/C29H51BN4O7/c1-16(2)13-23(30-40-22-15-19-14-21(28(19,6)7)29(22,8)41-30)34-26(37)20(11-9-10-12-31-27(38)39)33-25(36)18(5)32-24(35)17(3)4/h16-23,31H,9-15H2,1-8H3,(H,32,35)(H,33,36)(H,34,37)(H,38,39)/t18-,19-,20-,21-,22+,23-,29-/m0/s1. The summed E-state index contributed by atoms with van der Waals surface area (Å²) < 4.78 is 13.2. The van der Waals surface area contributed by atoms with Crippen molar-refractivity contribution in [2.24, 2.45) is 29.1 Å². The summed E-state index contributed by atoms with van der Waals surface area (Å²) >= 11 is 0. The number of nitrogens with one attached hydrogen (secondary N) is 4. The van der Waals surface area contributed by atoms with Crippen LogP contribution in [-0.4, -0.2) is 72.3 Å². The zero-order valence-corrected chi connectivity index (χ0v) is 26.0. The van der Waals surface area contributed by atoms with E-state index in [0.29, 0.717) is 37.5 Å². The minimum absolute atomic E-state index is 0.0153. The lowest BCUT2D eigenvalue weighted by Crippen LogP contribution is -2.65. The monoisotopic (exact) mass is 578 g/mol. The Morgan fingerprint density at radius 1 is 0.927 bits per heavy atom. The van der Waals surface area contributed by atoms with Crippen molar-refractivity contribution in [3.63, 3.8) is 0 Å². The van der Waals surface area contributed by atoms with Crippen molar-refractivity contribution in [1.29, 1.82) is 0 Å². The number of amides is 4. The van der Waals surface area contributed by atoms with Crippen LogP contribution in [0.15, 0.2) is 0 Å². The van der Waals surface area contributed by atoms with Crippen molar-refractivity contribution in [2.45, 2.75) is 124 Å². The van der Waals surface area contributed by atoms with Crippen LogP contribution in [0, 0.1) is 29.1 Å². The molecule has 0 aromatic heterocycles. The lowest BCUT2D eigenvalue weighted by molar-refractivity contribution is -0.199. The molecule has 7 atom stereocenters. The average Bonchev–Trinajstić information content (AvgIpc) is 3.23. The summed E-state index contributed by atoms with van der Waals surface area (Å²) in [6.45, 7) is 16.2. The Labute approximate surface area is 245 Å². The molecule has 12 heteroatoms. The molecule has 0 aromatic carbocycles. The SMILES string of the molecule is CC(C)C[C@H](NC(=O)[C@H](CCCCNC(=O)O)NC(=O)[C@H](C)NC(=O)C(C)C)B1O[C@@H]2C[C@@H]3C[C@@H](C3(C)C)[C@]2(C)O1. The van der Waals surface area contributed by atoms with E-state index in [2.05, 4.69) is 55.9 Å². The molecule has 1 aliphatic heterocycles. The Balaban J connectivity index is 1.70. The number of carbonyl (C=O) groups is 4. The van der Waals surface area contributed by atoms with E-state index in [-0.39, 0.29) is 41.7 Å². The summed E-state index contributed by atoms with van der Waals surface area (Å²) in [4.78, 5) is 49.6. The molecule has 4 fully saturated rings. The van der Waals surface area contributed by atoms with Gasteiger partial charge in [-0.2, -0.15) is 0 Å². The van der Waals surface area contributed by atoms with Crippen LogP contribution in [0.1, 0.15) is 93.9 Å². The minimum Gasteiger partial charge on any atom is -0.465 e. The van der Waals surface area contributed by atoms with E-state index in [0.717, 1.165) is 12.8 Å². The fourth-order valence-electron chi connectivity index (χ4n) is 6.78. The van der Waals surface area contributed by atoms with Gasteiger partial charge in [0.05, 0.1) is 17.6 Å². The second-order valence-electron chi connectivity index (χ2n) is 13.8. The maximum atomic E-state index is 13.7. The van der Waals surface area contributed by atoms with Crippen molar-refractivity contribution in [2.75, 3.05) is 6.54 Å². The van der Waals surface area contributed by atoms with Gasteiger partial charge in [0.25, 0.3) is 0 Å². The smallest absolute Gasteiger partial charge is 0.465 e. The van der Waals surface area contributed by atoms with Crippen LogP contribution < -0.4 is 21.3 Å². The summed E-state index contributed by atoms with van der Waals surface area (Å²) in [5.74, 6) is -0.488. The van der Waals surface area contributed by atoms with Gasteiger partial charge in [-0.25, -0.2) is 4.79 Å². The first kappa shape index (κ1) is 33.2. The molecule has 4 rings (SSSR count). The predicted molar refractivity (Wildman–Crippen MR) is 156 cm³/mol. The molecule has 232 valence electrons. The van der Waals surface area contributed by atoms with Crippen LogP contribution in [0.4, 0.5) is 4.79 Å². The Kier molecular flexibility index (Phi) is 10.8. The van der Waals surface area contributed by atoms with Crippen LogP contribution in [-0.2, 0) is 23.7 Å². The maximum absolute atomic E-state index is 13.7. The van der Waals surface area contributed by atoms with Gasteiger partial charge in [-0.15, -0.1) is 0 Å². The number of hydrogen-bond donors (Lipinski definition) is 5. The highest BCUT2D eigenvalue weighted by atomic mass is 16.7. The molecule has 0 radical (unpaired) electrons. The van der Waals surface area contributed by atoms with Crippen molar-refractivity contribution in [3.8, 4) is 0 Å². The average molecular weight is 579 g/mol. The van der Waals surface area contributed by atoms with E-state index in [4.69, 9.17) is 14.4 Å². The van der Waals surface area contributed by atoms with Gasteiger partial charge in [0.15, 0.2) is 0 Å². The molecule has 3 saturated carbocycles. The molecule has 4 aliphatic rings. The normalized spacial score (nSPS) is 28.2. The molecule has 2 bridgehead atoms. The minimum atomic E-state index is -1.11.